The number of amidine groups is 1. The SMILES string of the molecule is COc1c(C)cnc(Cn2nc3cc(C(=O)NCC(=O)N(C)C)c4c-3c(n2)C(N)=NSC4)c1C. The summed E-state index contributed by atoms with van der Waals surface area (Å²) < 4.78 is 9.83. The molecule has 0 bridgehead atoms. The fraction of sp³-hybridized carbons (Fsp3) is 0.364. The standard InChI is InChI=1S/C22H26N8O3S/c1-11-7-24-16(12(2)20(11)33-5)9-30-26-15-6-13(22(32)25-8-17(31)29(3)4)14-10-34-28-21(23)19(27-30)18(14)15/h6-7H,8-10H2,1-5H3,(H2,23,28)(H,25,32). The maximum absolute atomic E-state index is 12.9. The molecule has 2 aliphatic heterocycles. The van der Waals surface area contributed by atoms with Crippen molar-refractivity contribution in [2.24, 2.45) is 10.1 Å². The van der Waals surface area contributed by atoms with Gasteiger partial charge < -0.3 is 20.7 Å². The molecule has 0 spiro atoms. The van der Waals surface area contributed by atoms with Crippen LogP contribution in [-0.2, 0) is 17.1 Å². The average molecular weight is 483 g/mol. The Hall–Kier alpha value is -3.67. The van der Waals surface area contributed by atoms with Gasteiger partial charge in [-0.1, -0.05) is 0 Å². The Morgan fingerprint density at radius 1 is 1.29 bits per heavy atom. The molecule has 1 aromatic heterocycles. The third kappa shape index (κ3) is 4.28. The van der Waals surface area contributed by atoms with Crippen LogP contribution in [0.3, 0.4) is 0 Å². The van der Waals surface area contributed by atoms with Crippen molar-refractivity contribution in [3.63, 3.8) is 0 Å². The normalized spacial score (nSPS) is 12.8. The molecule has 12 heteroatoms. The van der Waals surface area contributed by atoms with Crippen molar-refractivity contribution in [1.82, 2.24) is 30.2 Å². The van der Waals surface area contributed by atoms with Gasteiger partial charge in [0.25, 0.3) is 5.91 Å². The largest absolute Gasteiger partial charge is 0.496 e. The Morgan fingerprint density at radius 2 is 2.06 bits per heavy atom. The molecule has 0 fully saturated rings. The number of carbonyl (C=O) groups is 2. The number of methoxy groups -OCH3 is 1. The van der Waals surface area contributed by atoms with Gasteiger partial charge in [0.2, 0.25) is 5.91 Å². The van der Waals surface area contributed by atoms with E-state index in [1.165, 1.54) is 21.6 Å². The molecule has 1 aromatic rings. The molecule has 4 rings (SSSR count). The van der Waals surface area contributed by atoms with Crippen molar-refractivity contribution in [2.75, 3.05) is 27.7 Å². The van der Waals surface area contributed by atoms with Gasteiger partial charge in [-0.2, -0.15) is 19.4 Å². The van der Waals surface area contributed by atoms with Crippen LogP contribution in [0.5, 0.6) is 5.75 Å². The fourth-order valence-corrected chi connectivity index (χ4v) is 4.55. The van der Waals surface area contributed by atoms with E-state index in [1.54, 1.807) is 33.5 Å². The van der Waals surface area contributed by atoms with Crippen LogP contribution in [-0.4, -0.2) is 70.3 Å². The van der Waals surface area contributed by atoms with Gasteiger partial charge in [0.15, 0.2) is 5.84 Å². The number of hydrogen-bond donors (Lipinski definition) is 2. The van der Waals surface area contributed by atoms with E-state index in [4.69, 9.17) is 10.5 Å². The van der Waals surface area contributed by atoms with E-state index in [0.29, 0.717) is 28.3 Å². The number of hydrogen-bond acceptors (Lipinski definition) is 9. The predicted octanol–water partition coefficient (Wildman–Crippen LogP) is 1.14. The first-order chi connectivity index (χ1) is 16.2. The zero-order valence-electron chi connectivity index (χ0n) is 19.7. The quantitative estimate of drug-likeness (QED) is 0.498. The number of aryl methyl sites for hydroxylation is 1. The van der Waals surface area contributed by atoms with Gasteiger partial charge in [-0.15, -0.1) is 0 Å². The van der Waals surface area contributed by atoms with E-state index in [9.17, 15) is 9.59 Å². The molecule has 34 heavy (non-hydrogen) atoms. The van der Waals surface area contributed by atoms with Gasteiger partial charge in [-0.25, -0.2) is 0 Å². The minimum absolute atomic E-state index is 0.0999. The molecule has 2 amide bonds. The summed E-state index contributed by atoms with van der Waals surface area (Å²) in [7, 11) is 4.90. The van der Waals surface area contributed by atoms with E-state index in [0.717, 1.165) is 28.1 Å². The molecule has 3 aliphatic rings. The van der Waals surface area contributed by atoms with Crippen molar-refractivity contribution in [1.29, 1.82) is 0 Å². The lowest BCUT2D eigenvalue weighted by Gasteiger charge is -2.14. The van der Waals surface area contributed by atoms with Crippen LogP contribution in [0.15, 0.2) is 16.7 Å². The molecular formula is C22H26N8O3S. The summed E-state index contributed by atoms with van der Waals surface area (Å²) in [5.74, 6) is 0.903. The molecule has 0 saturated heterocycles. The summed E-state index contributed by atoms with van der Waals surface area (Å²) in [4.78, 5) is 32.3. The molecule has 178 valence electrons. The third-order valence-corrected chi connectivity index (χ3v) is 6.38. The monoisotopic (exact) mass is 482 g/mol. The van der Waals surface area contributed by atoms with Gasteiger partial charge in [0.05, 0.1) is 25.0 Å². The number of nitrogens with zero attached hydrogens (tertiary/aromatic N) is 6. The maximum atomic E-state index is 12.9. The topological polar surface area (TPSA) is 141 Å². The minimum Gasteiger partial charge on any atom is -0.496 e. The molecule has 3 heterocycles. The molecule has 0 aromatic carbocycles. The van der Waals surface area contributed by atoms with Crippen LogP contribution >= 0.6 is 11.9 Å². The molecule has 0 atom stereocenters. The van der Waals surface area contributed by atoms with Crippen LogP contribution in [0.1, 0.15) is 38.4 Å². The molecule has 11 nitrogen and oxygen atoms in total. The minimum atomic E-state index is -0.359. The summed E-state index contributed by atoms with van der Waals surface area (Å²) >= 11 is 1.24. The predicted molar refractivity (Wildman–Crippen MR) is 129 cm³/mol. The summed E-state index contributed by atoms with van der Waals surface area (Å²) in [6, 6.07) is 1.71. The molecule has 3 N–H and O–H groups in total. The second kappa shape index (κ2) is 9.29. The zero-order chi connectivity index (χ0) is 24.6. The number of rotatable bonds is 6. The smallest absolute Gasteiger partial charge is 0.252 e. The van der Waals surface area contributed by atoms with Gasteiger partial charge in [-0.05, 0) is 37.4 Å². The van der Waals surface area contributed by atoms with Crippen molar-refractivity contribution < 1.29 is 14.3 Å². The summed E-state index contributed by atoms with van der Waals surface area (Å²) in [6.07, 6.45) is 1.75. The highest BCUT2D eigenvalue weighted by molar-refractivity contribution is 7.97. The zero-order valence-corrected chi connectivity index (χ0v) is 20.5. The highest BCUT2D eigenvalue weighted by Crippen LogP contribution is 2.37. The number of nitrogens with one attached hydrogen (secondary N) is 1. The number of amides is 2. The number of aromatic nitrogens is 4. The van der Waals surface area contributed by atoms with E-state index in [1.807, 2.05) is 13.8 Å². The number of likely N-dealkylation sites (N-methyl/N-ethyl adjacent to an activating group) is 1. The Bertz CT molecular complexity index is 1280. The van der Waals surface area contributed by atoms with Crippen LogP contribution in [0, 0.1) is 13.8 Å². The first kappa shape index (κ1) is 23.5. The lowest BCUT2D eigenvalue weighted by Crippen LogP contribution is -2.36. The lowest BCUT2D eigenvalue weighted by atomic mass is 10.1. The number of pyridine rings is 1. The van der Waals surface area contributed by atoms with Gasteiger partial charge in [0, 0.05) is 48.3 Å². The van der Waals surface area contributed by atoms with Crippen molar-refractivity contribution >= 4 is 29.6 Å². The molecular weight excluding hydrogens is 456 g/mol. The Morgan fingerprint density at radius 3 is 2.76 bits per heavy atom. The molecule has 0 saturated carbocycles. The Balaban J connectivity index is 1.75. The second-order valence-electron chi connectivity index (χ2n) is 8.14. The second-order valence-corrected chi connectivity index (χ2v) is 8.87. The number of carbonyl (C=O) groups excluding carboxylic acids is 2. The number of ether oxygens (including phenoxy) is 1. The van der Waals surface area contributed by atoms with E-state index >= 15 is 0 Å². The van der Waals surface area contributed by atoms with E-state index < -0.39 is 0 Å². The summed E-state index contributed by atoms with van der Waals surface area (Å²) in [5.41, 5.74) is 11.7. The first-order valence-corrected chi connectivity index (χ1v) is 11.5. The van der Waals surface area contributed by atoms with Crippen LogP contribution in [0.25, 0.3) is 11.3 Å². The lowest BCUT2D eigenvalue weighted by molar-refractivity contribution is -0.127. The highest BCUT2D eigenvalue weighted by Gasteiger charge is 2.30. The average Bonchev–Trinajstić information content (AvgIpc) is 3.08. The maximum Gasteiger partial charge on any atom is 0.252 e. The van der Waals surface area contributed by atoms with Gasteiger partial charge in [-0.3, -0.25) is 14.6 Å². The van der Waals surface area contributed by atoms with Gasteiger partial charge in [0.1, 0.15) is 18.0 Å². The summed E-state index contributed by atoms with van der Waals surface area (Å²) in [6.45, 7) is 4.06. The Labute approximate surface area is 201 Å². The van der Waals surface area contributed by atoms with E-state index in [2.05, 4.69) is 24.9 Å². The van der Waals surface area contributed by atoms with Crippen LogP contribution in [0.2, 0.25) is 0 Å². The summed E-state index contributed by atoms with van der Waals surface area (Å²) in [5, 5.41) is 11.9. The van der Waals surface area contributed by atoms with E-state index in [-0.39, 0.29) is 30.7 Å². The van der Waals surface area contributed by atoms with Gasteiger partial charge >= 0.3 is 0 Å². The molecule has 0 unspecified atom stereocenters. The molecule has 0 radical (unpaired) electrons. The Kier molecular flexibility index (Phi) is 6.42. The highest BCUT2D eigenvalue weighted by atomic mass is 32.2. The van der Waals surface area contributed by atoms with Crippen LogP contribution in [0.4, 0.5) is 0 Å². The number of nitrogens with two attached hydrogens (primary N) is 1. The van der Waals surface area contributed by atoms with Crippen molar-refractivity contribution in [3.05, 3.63) is 45.9 Å². The first-order valence-electron chi connectivity index (χ1n) is 10.5. The molecule has 1 aliphatic carbocycles. The van der Waals surface area contributed by atoms with Crippen molar-refractivity contribution in [2.45, 2.75) is 26.1 Å². The van der Waals surface area contributed by atoms with Crippen molar-refractivity contribution in [3.8, 4) is 17.0 Å². The fourth-order valence-electron chi connectivity index (χ4n) is 3.83. The third-order valence-electron chi connectivity index (χ3n) is 5.64. The van der Waals surface area contributed by atoms with Crippen LogP contribution < -0.4 is 15.8 Å².